The number of rotatable bonds is 4. The Bertz CT molecular complexity index is 551. The Morgan fingerprint density at radius 1 is 1.38 bits per heavy atom. The SMILES string of the molecule is O=C(CNC(=O)C1CC(F)(F)CN1)Nc1cccc(F)c1. The fraction of sp³-hybridized carbons (Fsp3) is 0.385. The lowest BCUT2D eigenvalue weighted by atomic mass is 10.2. The molecule has 0 aliphatic carbocycles. The number of carbonyl (C=O) groups excluding carboxylic acids is 2. The van der Waals surface area contributed by atoms with Crippen molar-refractivity contribution in [2.45, 2.75) is 18.4 Å². The van der Waals surface area contributed by atoms with Crippen LogP contribution in [0.4, 0.5) is 18.9 Å². The largest absolute Gasteiger partial charge is 0.346 e. The van der Waals surface area contributed by atoms with Crippen LogP contribution in [0.1, 0.15) is 6.42 Å². The van der Waals surface area contributed by atoms with Gasteiger partial charge >= 0.3 is 0 Å². The van der Waals surface area contributed by atoms with E-state index < -0.39 is 42.6 Å². The summed E-state index contributed by atoms with van der Waals surface area (Å²) in [5.41, 5.74) is 0.250. The van der Waals surface area contributed by atoms with Crippen LogP contribution in [0.2, 0.25) is 0 Å². The van der Waals surface area contributed by atoms with Gasteiger partial charge in [0.2, 0.25) is 11.8 Å². The second kappa shape index (κ2) is 6.13. The van der Waals surface area contributed by atoms with Crippen molar-refractivity contribution in [3.63, 3.8) is 0 Å². The summed E-state index contributed by atoms with van der Waals surface area (Å²) in [6.07, 6.45) is -0.593. The molecule has 0 radical (unpaired) electrons. The van der Waals surface area contributed by atoms with Crippen LogP contribution in [-0.2, 0) is 9.59 Å². The molecule has 21 heavy (non-hydrogen) atoms. The molecule has 0 saturated carbocycles. The van der Waals surface area contributed by atoms with E-state index in [4.69, 9.17) is 0 Å². The van der Waals surface area contributed by atoms with Crippen molar-refractivity contribution in [1.82, 2.24) is 10.6 Å². The molecule has 2 rings (SSSR count). The third-order valence-corrected chi connectivity index (χ3v) is 2.96. The monoisotopic (exact) mass is 301 g/mol. The van der Waals surface area contributed by atoms with E-state index in [2.05, 4.69) is 16.0 Å². The highest BCUT2D eigenvalue weighted by atomic mass is 19.3. The molecule has 1 aliphatic rings. The zero-order valence-corrected chi connectivity index (χ0v) is 11.0. The highest BCUT2D eigenvalue weighted by Crippen LogP contribution is 2.24. The quantitative estimate of drug-likeness (QED) is 0.773. The number of amides is 2. The Balaban J connectivity index is 1.78. The lowest BCUT2D eigenvalue weighted by Gasteiger charge is -2.11. The molecule has 2 amide bonds. The topological polar surface area (TPSA) is 70.2 Å². The van der Waals surface area contributed by atoms with Gasteiger partial charge in [-0.05, 0) is 18.2 Å². The number of hydrogen-bond donors (Lipinski definition) is 3. The normalized spacial score (nSPS) is 20.0. The number of halogens is 3. The van der Waals surface area contributed by atoms with Crippen LogP contribution in [0, 0.1) is 5.82 Å². The third-order valence-electron chi connectivity index (χ3n) is 2.96. The molecule has 1 aromatic rings. The van der Waals surface area contributed by atoms with Gasteiger partial charge in [-0.15, -0.1) is 0 Å². The Labute approximate surface area is 118 Å². The molecule has 5 nitrogen and oxygen atoms in total. The van der Waals surface area contributed by atoms with E-state index in [1.165, 1.54) is 18.2 Å². The fourth-order valence-corrected chi connectivity index (χ4v) is 1.96. The van der Waals surface area contributed by atoms with Crippen molar-refractivity contribution < 1.29 is 22.8 Å². The zero-order valence-electron chi connectivity index (χ0n) is 11.0. The summed E-state index contributed by atoms with van der Waals surface area (Å²) in [4.78, 5) is 23.2. The molecule has 114 valence electrons. The number of hydrogen-bond acceptors (Lipinski definition) is 3. The Morgan fingerprint density at radius 2 is 2.14 bits per heavy atom. The third kappa shape index (κ3) is 4.45. The Morgan fingerprint density at radius 3 is 2.76 bits per heavy atom. The van der Waals surface area contributed by atoms with Crippen LogP contribution >= 0.6 is 0 Å². The van der Waals surface area contributed by atoms with Crippen molar-refractivity contribution in [2.24, 2.45) is 0 Å². The van der Waals surface area contributed by atoms with E-state index in [1.807, 2.05) is 0 Å². The highest BCUT2D eigenvalue weighted by Gasteiger charge is 2.42. The average Bonchev–Trinajstić information content (AvgIpc) is 2.76. The number of nitrogens with one attached hydrogen (secondary N) is 3. The summed E-state index contributed by atoms with van der Waals surface area (Å²) in [5, 5.41) is 7.02. The van der Waals surface area contributed by atoms with Crippen molar-refractivity contribution in [1.29, 1.82) is 0 Å². The maximum absolute atomic E-state index is 12.9. The molecular weight excluding hydrogens is 287 g/mol. The lowest BCUT2D eigenvalue weighted by Crippen LogP contribution is -2.43. The maximum Gasteiger partial charge on any atom is 0.262 e. The van der Waals surface area contributed by atoms with Gasteiger partial charge in [0.15, 0.2) is 0 Å². The maximum atomic E-state index is 12.9. The van der Waals surface area contributed by atoms with E-state index >= 15 is 0 Å². The lowest BCUT2D eigenvalue weighted by molar-refractivity contribution is -0.125. The minimum Gasteiger partial charge on any atom is -0.346 e. The van der Waals surface area contributed by atoms with E-state index in [1.54, 1.807) is 0 Å². The van der Waals surface area contributed by atoms with Crippen LogP contribution < -0.4 is 16.0 Å². The predicted molar refractivity (Wildman–Crippen MR) is 69.4 cm³/mol. The molecule has 8 heteroatoms. The molecule has 1 aromatic carbocycles. The molecule has 0 bridgehead atoms. The smallest absolute Gasteiger partial charge is 0.262 e. The van der Waals surface area contributed by atoms with Crippen LogP contribution in [0.15, 0.2) is 24.3 Å². The first-order valence-corrected chi connectivity index (χ1v) is 6.30. The van der Waals surface area contributed by atoms with Gasteiger partial charge in [0.05, 0.1) is 19.1 Å². The van der Waals surface area contributed by atoms with E-state index in [-0.39, 0.29) is 12.2 Å². The summed E-state index contributed by atoms with van der Waals surface area (Å²) in [7, 11) is 0. The van der Waals surface area contributed by atoms with Crippen molar-refractivity contribution in [3.05, 3.63) is 30.1 Å². The van der Waals surface area contributed by atoms with Crippen LogP contribution in [-0.4, -0.2) is 36.9 Å². The van der Waals surface area contributed by atoms with Gasteiger partial charge in [0.25, 0.3) is 5.92 Å². The minimum absolute atomic E-state index is 0.250. The van der Waals surface area contributed by atoms with Crippen LogP contribution in [0.3, 0.4) is 0 Å². The molecule has 1 heterocycles. The van der Waals surface area contributed by atoms with E-state index in [0.717, 1.165) is 6.07 Å². The predicted octanol–water partition coefficient (Wildman–Crippen LogP) is 0.878. The second-order valence-corrected chi connectivity index (χ2v) is 4.77. The molecule has 1 fully saturated rings. The van der Waals surface area contributed by atoms with Crippen LogP contribution in [0.5, 0.6) is 0 Å². The number of alkyl halides is 2. The summed E-state index contributed by atoms with van der Waals surface area (Å²) in [6.45, 7) is -0.931. The average molecular weight is 301 g/mol. The molecule has 0 aromatic heterocycles. The van der Waals surface area contributed by atoms with Gasteiger partial charge in [0, 0.05) is 12.1 Å². The van der Waals surface area contributed by atoms with Crippen molar-refractivity contribution in [2.75, 3.05) is 18.4 Å². The zero-order chi connectivity index (χ0) is 15.5. The van der Waals surface area contributed by atoms with E-state index in [9.17, 15) is 22.8 Å². The molecule has 3 N–H and O–H groups in total. The summed E-state index contributed by atoms with van der Waals surface area (Å²) in [5.74, 6) is -4.65. The first kappa shape index (κ1) is 15.3. The number of benzene rings is 1. The summed E-state index contributed by atoms with van der Waals surface area (Å²) < 4.78 is 38.8. The molecule has 1 unspecified atom stereocenters. The minimum atomic E-state index is -2.91. The first-order chi connectivity index (χ1) is 9.85. The Hall–Kier alpha value is -2.09. The van der Waals surface area contributed by atoms with Crippen LogP contribution in [0.25, 0.3) is 0 Å². The molecule has 1 atom stereocenters. The Kier molecular flexibility index (Phi) is 4.46. The van der Waals surface area contributed by atoms with Gasteiger partial charge < -0.3 is 10.6 Å². The van der Waals surface area contributed by atoms with Gasteiger partial charge in [-0.25, -0.2) is 13.2 Å². The molecular formula is C13H14F3N3O2. The standard InChI is InChI=1S/C13H14F3N3O2/c14-8-2-1-3-9(4-8)19-11(20)6-17-12(21)10-5-13(15,16)7-18-10/h1-4,10,18H,5-7H2,(H,17,21)(H,19,20). The molecule has 1 saturated heterocycles. The second-order valence-electron chi connectivity index (χ2n) is 4.77. The fourth-order valence-electron chi connectivity index (χ4n) is 1.96. The van der Waals surface area contributed by atoms with Gasteiger partial charge in [-0.3, -0.25) is 14.9 Å². The first-order valence-electron chi connectivity index (χ1n) is 6.30. The van der Waals surface area contributed by atoms with Crippen molar-refractivity contribution in [3.8, 4) is 0 Å². The summed E-state index contributed by atoms with van der Waals surface area (Å²) in [6, 6.07) is 4.25. The molecule has 1 aliphatic heterocycles. The number of carbonyl (C=O) groups is 2. The highest BCUT2D eigenvalue weighted by molar-refractivity contribution is 5.95. The number of anilines is 1. The van der Waals surface area contributed by atoms with Crippen molar-refractivity contribution >= 4 is 17.5 Å². The van der Waals surface area contributed by atoms with Gasteiger partial charge in [0.1, 0.15) is 5.82 Å². The molecule has 0 spiro atoms. The summed E-state index contributed by atoms with van der Waals surface area (Å²) >= 11 is 0. The van der Waals surface area contributed by atoms with E-state index in [0.29, 0.717) is 0 Å². The van der Waals surface area contributed by atoms with Gasteiger partial charge in [-0.1, -0.05) is 6.07 Å². The van der Waals surface area contributed by atoms with Gasteiger partial charge in [-0.2, -0.15) is 0 Å².